The molecule has 1 fully saturated rings. The molecule has 20 heavy (non-hydrogen) atoms. The number of hydrogen-bond donors (Lipinski definition) is 2. The monoisotopic (exact) mass is 275 g/mol. The highest BCUT2D eigenvalue weighted by Crippen LogP contribution is 2.37. The largest absolute Gasteiger partial charge is 0.396 e. The van der Waals surface area contributed by atoms with Gasteiger partial charge in [0.15, 0.2) is 0 Å². The van der Waals surface area contributed by atoms with Crippen molar-refractivity contribution in [3.63, 3.8) is 0 Å². The third-order valence-electron chi connectivity index (χ3n) is 4.77. The molecule has 0 amide bonds. The van der Waals surface area contributed by atoms with Crippen LogP contribution in [0.3, 0.4) is 0 Å². The summed E-state index contributed by atoms with van der Waals surface area (Å²) in [5.41, 5.74) is 1.52. The molecule has 0 spiro atoms. The molecule has 0 aromatic heterocycles. The summed E-state index contributed by atoms with van der Waals surface area (Å²) in [5, 5.41) is 13.5. The van der Waals surface area contributed by atoms with E-state index in [9.17, 15) is 5.11 Å². The normalized spacial score (nSPS) is 19.1. The van der Waals surface area contributed by atoms with E-state index in [-0.39, 0.29) is 5.41 Å². The Morgan fingerprint density at radius 2 is 1.90 bits per heavy atom. The molecule has 0 saturated heterocycles. The fourth-order valence-electron chi connectivity index (χ4n) is 3.34. The molecular formula is C18H29NO. The number of rotatable bonds is 8. The maximum Gasteiger partial charge on any atom is 0.0499 e. The Morgan fingerprint density at radius 1 is 1.20 bits per heavy atom. The first-order valence-corrected chi connectivity index (χ1v) is 8.19. The number of aliphatic hydroxyl groups excluding tert-OH is 1. The van der Waals surface area contributed by atoms with Crippen molar-refractivity contribution in [1.29, 1.82) is 0 Å². The molecule has 1 aliphatic rings. The molecule has 1 aromatic carbocycles. The topological polar surface area (TPSA) is 32.3 Å². The van der Waals surface area contributed by atoms with Gasteiger partial charge in [-0.1, -0.05) is 62.9 Å². The van der Waals surface area contributed by atoms with Crippen molar-refractivity contribution in [3.8, 4) is 0 Å². The minimum Gasteiger partial charge on any atom is -0.396 e. The highest BCUT2D eigenvalue weighted by atomic mass is 16.3. The number of nitrogens with one attached hydrogen (secondary N) is 1. The van der Waals surface area contributed by atoms with Crippen LogP contribution in [-0.2, 0) is 0 Å². The molecule has 1 aromatic rings. The fraction of sp³-hybridized carbons (Fsp3) is 0.667. The molecular weight excluding hydrogens is 246 g/mol. The molecule has 0 bridgehead atoms. The lowest BCUT2D eigenvalue weighted by atomic mass is 9.86. The van der Waals surface area contributed by atoms with Gasteiger partial charge in [0.05, 0.1) is 0 Å². The molecule has 2 heteroatoms. The van der Waals surface area contributed by atoms with Crippen molar-refractivity contribution in [2.24, 2.45) is 5.41 Å². The second kappa shape index (κ2) is 7.80. The van der Waals surface area contributed by atoms with Gasteiger partial charge in [0, 0.05) is 24.6 Å². The lowest BCUT2D eigenvalue weighted by Crippen LogP contribution is -2.37. The second-order valence-electron chi connectivity index (χ2n) is 6.35. The van der Waals surface area contributed by atoms with Gasteiger partial charge in [0.1, 0.15) is 0 Å². The van der Waals surface area contributed by atoms with Gasteiger partial charge >= 0.3 is 0 Å². The molecule has 0 heterocycles. The van der Waals surface area contributed by atoms with E-state index in [0.717, 1.165) is 6.54 Å². The van der Waals surface area contributed by atoms with Crippen molar-refractivity contribution in [2.75, 3.05) is 13.2 Å². The minimum absolute atomic E-state index is 0.138. The van der Waals surface area contributed by atoms with Crippen LogP contribution >= 0.6 is 0 Å². The smallest absolute Gasteiger partial charge is 0.0499 e. The Bertz CT molecular complexity index is 370. The molecule has 2 nitrogen and oxygen atoms in total. The van der Waals surface area contributed by atoms with Gasteiger partial charge in [-0.2, -0.15) is 0 Å². The molecule has 0 aliphatic heterocycles. The highest BCUT2D eigenvalue weighted by Gasteiger charge is 2.33. The van der Waals surface area contributed by atoms with E-state index < -0.39 is 0 Å². The van der Waals surface area contributed by atoms with Gasteiger partial charge < -0.3 is 10.4 Å². The van der Waals surface area contributed by atoms with E-state index in [1.54, 1.807) is 0 Å². The average molecular weight is 275 g/mol. The lowest BCUT2D eigenvalue weighted by molar-refractivity contribution is 0.124. The summed E-state index contributed by atoms with van der Waals surface area (Å²) >= 11 is 0. The van der Waals surface area contributed by atoms with E-state index in [1.165, 1.54) is 50.5 Å². The van der Waals surface area contributed by atoms with Crippen LogP contribution < -0.4 is 5.32 Å². The van der Waals surface area contributed by atoms with Crippen molar-refractivity contribution >= 4 is 0 Å². The molecule has 0 radical (unpaired) electrons. The molecule has 2 rings (SSSR count). The van der Waals surface area contributed by atoms with Gasteiger partial charge in [-0.3, -0.25) is 0 Å². The van der Waals surface area contributed by atoms with Crippen LogP contribution in [0.15, 0.2) is 30.3 Å². The summed E-state index contributed by atoms with van der Waals surface area (Å²) in [6, 6.07) is 11.2. The first kappa shape index (κ1) is 15.5. The van der Waals surface area contributed by atoms with Crippen LogP contribution in [0, 0.1) is 5.41 Å². The first-order valence-electron chi connectivity index (χ1n) is 8.19. The Hall–Kier alpha value is -0.860. The van der Waals surface area contributed by atoms with Gasteiger partial charge in [0.2, 0.25) is 0 Å². The quantitative estimate of drug-likeness (QED) is 0.750. The fourth-order valence-corrected chi connectivity index (χ4v) is 3.34. The summed E-state index contributed by atoms with van der Waals surface area (Å²) in [7, 11) is 0. The summed E-state index contributed by atoms with van der Waals surface area (Å²) in [6.07, 6.45) is 8.55. The zero-order valence-corrected chi connectivity index (χ0v) is 12.8. The Kier molecular flexibility index (Phi) is 6.06. The van der Waals surface area contributed by atoms with E-state index >= 15 is 0 Å². The number of aliphatic hydroxyl groups is 1. The predicted octanol–water partition coefficient (Wildman–Crippen LogP) is 4.06. The highest BCUT2D eigenvalue weighted by molar-refractivity contribution is 5.18. The van der Waals surface area contributed by atoms with E-state index in [4.69, 9.17) is 0 Å². The lowest BCUT2D eigenvalue weighted by Gasteiger charge is -2.30. The maximum absolute atomic E-state index is 9.74. The Morgan fingerprint density at radius 3 is 2.50 bits per heavy atom. The number of unbranched alkanes of at least 4 members (excludes halogenated alkanes) is 1. The van der Waals surface area contributed by atoms with Crippen molar-refractivity contribution < 1.29 is 5.11 Å². The summed E-state index contributed by atoms with van der Waals surface area (Å²) in [5.74, 6) is 0. The molecule has 1 aliphatic carbocycles. The number of hydrogen-bond acceptors (Lipinski definition) is 2. The van der Waals surface area contributed by atoms with E-state index in [1.807, 2.05) is 0 Å². The van der Waals surface area contributed by atoms with Crippen molar-refractivity contribution in [3.05, 3.63) is 35.9 Å². The van der Waals surface area contributed by atoms with Gasteiger partial charge in [0.25, 0.3) is 0 Å². The number of benzene rings is 1. The van der Waals surface area contributed by atoms with E-state index in [0.29, 0.717) is 12.6 Å². The van der Waals surface area contributed by atoms with Gasteiger partial charge in [-0.05, 0) is 24.8 Å². The second-order valence-corrected chi connectivity index (χ2v) is 6.35. The Labute approximate surface area is 123 Å². The molecule has 2 N–H and O–H groups in total. The maximum atomic E-state index is 9.74. The van der Waals surface area contributed by atoms with Crippen LogP contribution in [0.25, 0.3) is 0 Å². The zero-order chi connectivity index (χ0) is 14.3. The van der Waals surface area contributed by atoms with Crippen molar-refractivity contribution in [1.82, 2.24) is 5.32 Å². The molecule has 1 unspecified atom stereocenters. The van der Waals surface area contributed by atoms with Crippen LogP contribution in [0.5, 0.6) is 0 Å². The SMILES string of the molecule is CCCCC(NCC1(CO)CCCC1)c1ccccc1. The predicted molar refractivity (Wildman–Crippen MR) is 84.7 cm³/mol. The van der Waals surface area contributed by atoms with E-state index in [2.05, 4.69) is 42.6 Å². The third kappa shape index (κ3) is 4.07. The van der Waals surface area contributed by atoms with Crippen LogP contribution in [0.1, 0.15) is 63.5 Å². The van der Waals surface area contributed by atoms with Crippen LogP contribution in [0.2, 0.25) is 0 Å². The zero-order valence-electron chi connectivity index (χ0n) is 12.8. The third-order valence-corrected chi connectivity index (χ3v) is 4.77. The molecule has 112 valence electrons. The standard InChI is InChI=1S/C18H29NO/c1-2-3-11-17(16-9-5-4-6-10-16)19-14-18(15-20)12-7-8-13-18/h4-6,9-10,17,19-20H,2-3,7-8,11-15H2,1H3. The molecule has 1 atom stereocenters. The van der Waals surface area contributed by atoms with Crippen LogP contribution in [0.4, 0.5) is 0 Å². The molecule has 1 saturated carbocycles. The summed E-state index contributed by atoms with van der Waals surface area (Å²) < 4.78 is 0. The minimum atomic E-state index is 0.138. The Balaban J connectivity index is 1.97. The first-order chi connectivity index (χ1) is 9.79. The summed E-state index contributed by atoms with van der Waals surface area (Å²) in [6.45, 7) is 3.52. The average Bonchev–Trinajstić information content (AvgIpc) is 2.98. The van der Waals surface area contributed by atoms with Crippen molar-refractivity contribution in [2.45, 2.75) is 57.9 Å². The van der Waals surface area contributed by atoms with Gasteiger partial charge in [-0.25, -0.2) is 0 Å². The van der Waals surface area contributed by atoms with Crippen LogP contribution in [-0.4, -0.2) is 18.3 Å². The van der Waals surface area contributed by atoms with Gasteiger partial charge in [-0.15, -0.1) is 0 Å². The summed E-state index contributed by atoms with van der Waals surface area (Å²) in [4.78, 5) is 0.